The molecule has 0 radical (unpaired) electrons. The zero-order valence-corrected chi connectivity index (χ0v) is 12.8. The van der Waals surface area contributed by atoms with Crippen molar-refractivity contribution in [2.24, 2.45) is 0 Å². The summed E-state index contributed by atoms with van der Waals surface area (Å²) in [6.07, 6.45) is 1.81. The SMILES string of the molecule is COC(=O)c1ccc2[nH]c(C3CCN(C(C)=O)CC3)nc2c1. The minimum absolute atomic E-state index is 0.130. The van der Waals surface area contributed by atoms with E-state index in [1.54, 1.807) is 19.1 Å². The first-order valence-corrected chi connectivity index (χ1v) is 7.42. The van der Waals surface area contributed by atoms with Crippen molar-refractivity contribution in [2.75, 3.05) is 20.2 Å². The van der Waals surface area contributed by atoms with Crippen LogP contribution >= 0.6 is 0 Å². The highest BCUT2D eigenvalue weighted by Gasteiger charge is 2.24. The van der Waals surface area contributed by atoms with E-state index in [1.165, 1.54) is 7.11 Å². The fourth-order valence-electron chi connectivity index (χ4n) is 2.93. The van der Waals surface area contributed by atoms with Gasteiger partial charge in [0.1, 0.15) is 5.82 Å². The van der Waals surface area contributed by atoms with E-state index in [1.807, 2.05) is 11.0 Å². The zero-order valence-electron chi connectivity index (χ0n) is 12.8. The van der Waals surface area contributed by atoms with Crippen molar-refractivity contribution in [3.63, 3.8) is 0 Å². The monoisotopic (exact) mass is 301 g/mol. The number of benzene rings is 1. The van der Waals surface area contributed by atoms with Crippen molar-refractivity contribution in [1.82, 2.24) is 14.9 Å². The second-order valence-corrected chi connectivity index (χ2v) is 5.63. The number of methoxy groups -OCH3 is 1. The molecular formula is C16H19N3O3. The molecule has 1 aromatic heterocycles. The number of rotatable bonds is 2. The molecule has 6 heteroatoms. The summed E-state index contributed by atoms with van der Waals surface area (Å²) in [6.45, 7) is 3.14. The second kappa shape index (κ2) is 5.79. The number of hydrogen-bond acceptors (Lipinski definition) is 4. The van der Waals surface area contributed by atoms with Crippen molar-refractivity contribution < 1.29 is 14.3 Å². The summed E-state index contributed by atoms with van der Waals surface area (Å²) in [7, 11) is 1.37. The molecular weight excluding hydrogens is 282 g/mol. The topological polar surface area (TPSA) is 75.3 Å². The lowest BCUT2D eigenvalue weighted by Crippen LogP contribution is -2.36. The first kappa shape index (κ1) is 14.6. The number of aromatic nitrogens is 2. The van der Waals surface area contributed by atoms with Crippen LogP contribution in [0.5, 0.6) is 0 Å². The van der Waals surface area contributed by atoms with Gasteiger partial charge in [-0.3, -0.25) is 4.79 Å². The van der Waals surface area contributed by atoms with Crippen LogP contribution in [0.15, 0.2) is 18.2 Å². The number of ether oxygens (including phenoxy) is 1. The Kier molecular flexibility index (Phi) is 3.83. The van der Waals surface area contributed by atoms with Crippen molar-refractivity contribution in [2.45, 2.75) is 25.7 Å². The number of likely N-dealkylation sites (tertiary alicyclic amines) is 1. The molecule has 1 aliphatic rings. The van der Waals surface area contributed by atoms with Gasteiger partial charge >= 0.3 is 5.97 Å². The number of imidazole rings is 1. The fraction of sp³-hybridized carbons (Fsp3) is 0.438. The molecule has 1 aliphatic heterocycles. The summed E-state index contributed by atoms with van der Waals surface area (Å²) in [5.41, 5.74) is 2.18. The largest absolute Gasteiger partial charge is 0.465 e. The maximum Gasteiger partial charge on any atom is 0.337 e. The third-order valence-electron chi connectivity index (χ3n) is 4.25. The van der Waals surface area contributed by atoms with Gasteiger partial charge in [0.25, 0.3) is 0 Å². The number of carbonyl (C=O) groups is 2. The van der Waals surface area contributed by atoms with E-state index in [2.05, 4.69) is 9.97 Å². The molecule has 2 aromatic rings. The molecule has 116 valence electrons. The van der Waals surface area contributed by atoms with Gasteiger partial charge in [-0.1, -0.05) is 0 Å². The van der Waals surface area contributed by atoms with E-state index >= 15 is 0 Å². The third-order valence-corrected chi connectivity index (χ3v) is 4.25. The molecule has 6 nitrogen and oxygen atoms in total. The highest BCUT2D eigenvalue weighted by atomic mass is 16.5. The number of nitrogens with zero attached hydrogens (tertiary/aromatic N) is 2. The van der Waals surface area contributed by atoms with Gasteiger partial charge in [-0.15, -0.1) is 0 Å². The highest BCUT2D eigenvalue weighted by molar-refractivity contribution is 5.93. The number of esters is 1. The van der Waals surface area contributed by atoms with Gasteiger partial charge in [-0.05, 0) is 31.0 Å². The van der Waals surface area contributed by atoms with Crippen molar-refractivity contribution in [3.05, 3.63) is 29.6 Å². The van der Waals surface area contributed by atoms with Gasteiger partial charge in [0.05, 0.1) is 23.7 Å². The first-order chi connectivity index (χ1) is 10.6. The highest BCUT2D eigenvalue weighted by Crippen LogP contribution is 2.28. The summed E-state index contributed by atoms with van der Waals surface area (Å²) >= 11 is 0. The molecule has 0 bridgehead atoms. The van der Waals surface area contributed by atoms with Crippen molar-refractivity contribution in [1.29, 1.82) is 0 Å². The molecule has 0 aliphatic carbocycles. The smallest absolute Gasteiger partial charge is 0.337 e. The summed E-state index contributed by atoms with van der Waals surface area (Å²) in [5.74, 6) is 1.02. The molecule has 1 N–H and O–H groups in total. The first-order valence-electron chi connectivity index (χ1n) is 7.42. The number of fused-ring (bicyclic) bond motifs is 1. The average Bonchev–Trinajstić information content (AvgIpc) is 2.97. The van der Waals surface area contributed by atoms with Crippen LogP contribution in [-0.2, 0) is 9.53 Å². The van der Waals surface area contributed by atoms with Gasteiger partial charge in [0.2, 0.25) is 5.91 Å². The van der Waals surface area contributed by atoms with Crippen LogP contribution in [0.4, 0.5) is 0 Å². The van der Waals surface area contributed by atoms with Gasteiger partial charge in [0, 0.05) is 25.9 Å². The summed E-state index contributed by atoms with van der Waals surface area (Å²) in [4.78, 5) is 32.8. The molecule has 3 rings (SSSR count). The van der Waals surface area contributed by atoms with Crippen LogP contribution in [-0.4, -0.2) is 46.9 Å². The molecule has 0 spiro atoms. The Hall–Kier alpha value is -2.37. The Morgan fingerprint density at radius 2 is 2.05 bits per heavy atom. The lowest BCUT2D eigenvalue weighted by molar-refractivity contribution is -0.129. The molecule has 0 saturated carbocycles. The van der Waals surface area contributed by atoms with E-state index < -0.39 is 0 Å². The summed E-state index contributed by atoms with van der Waals surface area (Å²) < 4.78 is 4.73. The molecule has 1 saturated heterocycles. The Morgan fingerprint density at radius 3 is 2.68 bits per heavy atom. The van der Waals surface area contributed by atoms with Crippen LogP contribution in [0.2, 0.25) is 0 Å². The lowest BCUT2D eigenvalue weighted by atomic mass is 9.96. The Morgan fingerprint density at radius 1 is 1.32 bits per heavy atom. The molecule has 1 aromatic carbocycles. The molecule has 1 amide bonds. The summed E-state index contributed by atoms with van der Waals surface area (Å²) in [5, 5.41) is 0. The number of piperidine rings is 1. The van der Waals surface area contributed by atoms with E-state index in [0.29, 0.717) is 11.5 Å². The number of hydrogen-bond donors (Lipinski definition) is 1. The van der Waals surface area contributed by atoms with E-state index in [0.717, 1.165) is 42.8 Å². The average molecular weight is 301 g/mol. The van der Waals surface area contributed by atoms with Gasteiger partial charge < -0.3 is 14.6 Å². The number of aromatic amines is 1. The van der Waals surface area contributed by atoms with Crippen LogP contribution < -0.4 is 0 Å². The normalized spacial score (nSPS) is 16.0. The van der Waals surface area contributed by atoms with Gasteiger partial charge in [-0.25, -0.2) is 9.78 Å². The van der Waals surface area contributed by atoms with Crippen molar-refractivity contribution in [3.8, 4) is 0 Å². The molecule has 2 heterocycles. The lowest BCUT2D eigenvalue weighted by Gasteiger charge is -2.30. The second-order valence-electron chi connectivity index (χ2n) is 5.63. The Balaban J connectivity index is 1.81. The van der Waals surface area contributed by atoms with Crippen LogP contribution in [0.25, 0.3) is 11.0 Å². The number of amides is 1. The molecule has 1 fully saturated rings. The molecule has 0 unspecified atom stereocenters. The minimum Gasteiger partial charge on any atom is -0.465 e. The summed E-state index contributed by atoms with van der Waals surface area (Å²) in [6, 6.07) is 5.32. The maximum absolute atomic E-state index is 11.6. The van der Waals surface area contributed by atoms with Crippen LogP contribution in [0.3, 0.4) is 0 Å². The van der Waals surface area contributed by atoms with Gasteiger partial charge in [0.15, 0.2) is 0 Å². The Bertz CT molecular complexity index is 714. The Labute approximate surface area is 128 Å². The fourth-order valence-corrected chi connectivity index (χ4v) is 2.93. The number of carbonyl (C=O) groups excluding carboxylic acids is 2. The van der Waals surface area contributed by atoms with E-state index in [4.69, 9.17) is 4.74 Å². The number of H-pyrrole nitrogens is 1. The molecule has 22 heavy (non-hydrogen) atoms. The zero-order chi connectivity index (χ0) is 15.7. The van der Waals surface area contributed by atoms with Crippen LogP contribution in [0.1, 0.15) is 41.9 Å². The molecule has 0 atom stereocenters. The van der Waals surface area contributed by atoms with E-state index in [-0.39, 0.29) is 11.9 Å². The predicted octanol–water partition coefficient (Wildman–Crippen LogP) is 2.08. The third kappa shape index (κ3) is 2.68. The maximum atomic E-state index is 11.6. The number of nitrogens with one attached hydrogen (secondary N) is 1. The predicted molar refractivity (Wildman–Crippen MR) is 81.7 cm³/mol. The van der Waals surface area contributed by atoms with Gasteiger partial charge in [-0.2, -0.15) is 0 Å². The van der Waals surface area contributed by atoms with E-state index in [9.17, 15) is 9.59 Å². The standard InChI is InChI=1S/C16H19N3O3/c1-10(20)19-7-5-11(6-8-19)15-17-13-4-3-12(16(21)22-2)9-14(13)18-15/h3-4,9,11H,5-8H2,1-2H3,(H,17,18). The quantitative estimate of drug-likeness (QED) is 0.862. The van der Waals surface area contributed by atoms with Crippen molar-refractivity contribution >= 4 is 22.9 Å². The minimum atomic E-state index is -0.360. The van der Waals surface area contributed by atoms with Crippen LogP contribution in [0, 0.1) is 0 Å².